The van der Waals surface area contributed by atoms with Crippen molar-refractivity contribution in [2.24, 2.45) is 0 Å². The molecule has 0 atom stereocenters. The summed E-state index contributed by atoms with van der Waals surface area (Å²) >= 11 is 0. The van der Waals surface area contributed by atoms with E-state index in [1.165, 1.54) is 0 Å². The first-order chi connectivity index (χ1) is 12.2. The lowest BCUT2D eigenvalue weighted by atomic mass is 10.1. The van der Waals surface area contributed by atoms with E-state index in [1.54, 1.807) is 6.07 Å². The number of hydrogen-bond donors (Lipinski definition) is 3. The van der Waals surface area contributed by atoms with Crippen LogP contribution in [0.5, 0.6) is 0 Å². The van der Waals surface area contributed by atoms with Crippen LogP contribution in [0.25, 0.3) is 10.9 Å². The zero-order chi connectivity index (χ0) is 17.6. The van der Waals surface area contributed by atoms with Crippen molar-refractivity contribution in [1.29, 1.82) is 0 Å². The molecule has 1 aromatic heterocycles. The second kappa shape index (κ2) is 7.66. The fourth-order valence-electron chi connectivity index (χ4n) is 2.86. The van der Waals surface area contributed by atoms with E-state index in [2.05, 4.69) is 15.6 Å². The third-order valence-electron chi connectivity index (χ3n) is 4.21. The maximum Gasteiger partial charge on any atom is 0.313 e. The molecule has 0 aliphatic rings. The fourth-order valence-corrected chi connectivity index (χ4v) is 2.86. The summed E-state index contributed by atoms with van der Waals surface area (Å²) in [6.07, 6.45) is 3.39. The number of aromatic amines is 1. The Bertz CT molecular complexity index is 899. The van der Waals surface area contributed by atoms with Gasteiger partial charge in [0.15, 0.2) is 0 Å². The number of benzene rings is 2. The monoisotopic (exact) mass is 335 g/mol. The first-order valence-corrected chi connectivity index (χ1v) is 8.41. The van der Waals surface area contributed by atoms with Gasteiger partial charge in [-0.15, -0.1) is 0 Å². The molecule has 2 amide bonds. The second-order valence-electron chi connectivity index (χ2n) is 5.83. The van der Waals surface area contributed by atoms with Gasteiger partial charge in [-0.1, -0.05) is 43.3 Å². The van der Waals surface area contributed by atoms with Crippen LogP contribution in [0.1, 0.15) is 18.1 Å². The lowest BCUT2D eigenvalue weighted by Crippen LogP contribution is -2.36. The van der Waals surface area contributed by atoms with Gasteiger partial charge in [-0.3, -0.25) is 9.59 Å². The van der Waals surface area contributed by atoms with Gasteiger partial charge in [0.05, 0.1) is 0 Å². The van der Waals surface area contributed by atoms with Gasteiger partial charge in [0.25, 0.3) is 0 Å². The number of anilines is 1. The third-order valence-corrected chi connectivity index (χ3v) is 4.21. The molecule has 5 nitrogen and oxygen atoms in total. The lowest BCUT2D eigenvalue weighted by molar-refractivity contribution is -0.136. The molecule has 3 aromatic rings. The summed E-state index contributed by atoms with van der Waals surface area (Å²) in [7, 11) is 0. The highest BCUT2D eigenvalue weighted by Crippen LogP contribution is 2.18. The largest absolute Gasteiger partial charge is 0.361 e. The van der Waals surface area contributed by atoms with E-state index in [0.29, 0.717) is 18.7 Å². The Labute approximate surface area is 146 Å². The summed E-state index contributed by atoms with van der Waals surface area (Å²) in [6.45, 7) is 2.41. The number of fused-ring (bicyclic) bond motifs is 1. The normalized spacial score (nSPS) is 10.6. The van der Waals surface area contributed by atoms with E-state index < -0.39 is 11.8 Å². The van der Waals surface area contributed by atoms with Gasteiger partial charge in [0.2, 0.25) is 0 Å². The third kappa shape index (κ3) is 3.88. The number of amides is 2. The van der Waals surface area contributed by atoms with Crippen molar-refractivity contribution in [3.63, 3.8) is 0 Å². The Kier molecular flexibility index (Phi) is 5.14. The molecule has 0 bridgehead atoms. The molecule has 0 fully saturated rings. The number of hydrogen-bond acceptors (Lipinski definition) is 2. The number of aromatic nitrogens is 1. The minimum atomic E-state index is -0.639. The molecule has 0 aliphatic heterocycles. The Morgan fingerprint density at radius 3 is 2.56 bits per heavy atom. The van der Waals surface area contributed by atoms with Crippen molar-refractivity contribution >= 4 is 28.4 Å². The Balaban J connectivity index is 1.54. The van der Waals surface area contributed by atoms with Gasteiger partial charge < -0.3 is 15.6 Å². The minimum absolute atomic E-state index is 0.406. The summed E-state index contributed by atoms with van der Waals surface area (Å²) in [5.74, 6) is -1.26. The molecule has 3 N–H and O–H groups in total. The SMILES string of the molecule is CCc1ccccc1NC(=O)C(=O)NCCc1c[nH]c2ccccc12. The first-order valence-electron chi connectivity index (χ1n) is 8.41. The van der Waals surface area contributed by atoms with Crippen molar-refractivity contribution in [1.82, 2.24) is 10.3 Å². The Morgan fingerprint density at radius 2 is 1.72 bits per heavy atom. The molecule has 1 heterocycles. The predicted molar refractivity (Wildman–Crippen MR) is 99.5 cm³/mol. The number of H-pyrrole nitrogens is 1. The van der Waals surface area contributed by atoms with E-state index in [4.69, 9.17) is 0 Å². The van der Waals surface area contributed by atoms with E-state index >= 15 is 0 Å². The maximum absolute atomic E-state index is 12.1. The number of carbonyl (C=O) groups excluding carboxylic acids is 2. The highest BCUT2D eigenvalue weighted by Gasteiger charge is 2.14. The van der Waals surface area contributed by atoms with Crippen molar-refractivity contribution < 1.29 is 9.59 Å². The molecule has 0 saturated heterocycles. The van der Waals surface area contributed by atoms with Crippen LogP contribution in [0.15, 0.2) is 54.7 Å². The molecule has 3 rings (SSSR count). The summed E-state index contributed by atoms with van der Waals surface area (Å²) in [5.41, 5.74) is 3.87. The van der Waals surface area contributed by atoms with Crippen LogP contribution in [-0.4, -0.2) is 23.3 Å². The highest BCUT2D eigenvalue weighted by molar-refractivity contribution is 6.39. The molecule has 0 spiro atoms. The molecule has 0 saturated carbocycles. The van der Waals surface area contributed by atoms with Crippen LogP contribution in [0, 0.1) is 0 Å². The smallest absolute Gasteiger partial charge is 0.313 e. The van der Waals surface area contributed by atoms with E-state index in [0.717, 1.165) is 28.5 Å². The van der Waals surface area contributed by atoms with Gasteiger partial charge in [-0.05, 0) is 36.1 Å². The molecule has 25 heavy (non-hydrogen) atoms. The van der Waals surface area contributed by atoms with Gasteiger partial charge in [0.1, 0.15) is 0 Å². The van der Waals surface area contributed by atoms with Gasteiger partial charge in [-0.2, -0.15) is 0 Å². The quantitative estimate of drug-likeness (QED) is 0.627. The zero-order valence-electron chi connectivity index (χ0n) is 14.1. The molecule has 0 radical (unpaired) electrons. The van der Waals surface area contributed by atoms with Crippen LogP contribution >= 0.6 is 0 Å². The van der Waals surface area contributed by atoms with Gasteiger partial charge in [-0.25, -0.2) is 0 Å². The molecular weight excluding hydrogens is 314 g/mol. The average Bonchev–Trinajstić information content (AvgIpc) is 3.05. The highest BCUT2D eigenvalue weighted by atomic mass is 16.2. The van der Waals surface area contributed by atoms with Crippen LogP contribution < -0.4 is 10.6 Å². The fraction of sp³-hybridized carbons (Fsp3) is 0.200. The topological polar surface area (TPSA) is 74.0 Å². The minimum Gasteiger partial charge on any atom is -0.361 e. The number of rotatable bonds is 5. The maximum atomic E-state index is 12.1. The second-order valence-corrected chi connectivity index (χ2v) is 5.83. The average molecular weight is 335 g/mol. The van der Waals surface area contributed by atoms with Gasteiger partial charge in [0, 0.05) is 29.3 Å². The molecule has 128 valence electrons. The van der Waals surface area contributed by atoms with Crippen LogP contribution in [-0.2, 0) is 22.4 Å². The van der Waals surface area contributed by atoms with E-state index in [1.807, 2.05) is 55.6 Å². The summed E-state index contributed by atoms with van der Waals surface area (Å²) in [5, 5.41) is 6.49. The standard InChI is InChI=1S/C20H21N3O2/c1-2-14-7-3-5-9-17(14)23-20(25)19(24)21-12-11-15-13-22-18-10-6-4-8-16(15)18/h3-10,13,22H,2,11-12H2,1H3,(H,21,24)(H,23,25). The van der Waals surface area contributed by atoms with Gasteiger partial charge >= 0.3 is 11.8 Å². The molecule has 0 unspecified atom stereocenters. The zero-order valence-corrected chi connectivity index (χ0v) is 14.1. The molecule has 5 heteroatoms. The first kappa shape index (κ1) is 16.8. The number of carbonyl (C=O) groups is 2. The summed E-state index contributed by atoms with van der Waals surface area (Å²) in [6, 6.07) is 15.5. The van der Waals surface area contributed by atoms with Crippen molar-refractivity contribution in [3.8, 4) is 0 Å². The molecule has 0 aliphatic carbocycles. The van der Waals surface area contributed by atoms with Crippen LogP contribution in [0.3, 0.4) is 0 Å². The Morgan fingerprint density at radius 1 is 0.960 bits per heavy atom. The van der Waals surface area contributed by atoms with Crippen molar-refractivity contribution in [2.45, 2.75) is 19.8 Å². The van der Waals surface area contributed by atoms with E-state index in [-0.39, 0.29) is 0 Å². The van der Waals surface area contributed by atoms with Crippen LogP contribution in [0.4, 0.5) is 5.69 Å². The summed E-state index contributed by atoms with van der Waals surface area (Å²) in [4.78, 5) is 27.3. The number of nitrogens with one attached hydrogen (secondary N) is 3. The lowest BCUT2D eigenvalue weighted by Gasteiger charge is -2.09. The Hall–Kier alpha value is -3.08. The summed E-state index contributed by atoms with van der Waals surface area (Å²) < 4.78 is 0. The van der Waals surface area contributed by atoms with Crippen molar-refractivity contribution in [2.75, 3.05) is 11.9 Å². The molecular formula is C20H21N3O2. The number of aryl methyl sites for hydroxylation is 1. The number of para-hydroxylation sites is 2. The van der Waals surface area contributed by atoms with Crippen LogP contribution in [0.2, 0.25) is 0 Å². The van der Waals surface area contributed by atoms with Crippen molar-refractivity contribution in [3.05, 3.63) is 65.9 Å². The van der Waals surface area contributed by atoms with E-state index in [9.17, 15) is 9.59 Å². The molecule has 2 aromatic carbocycles. The predicted octanol–water partition coefficient (Wildman–Crippen LogP) is 3.03.